The van der Waals surface area contributed by atoms with Gasteiger partial charge in [0.2, 0.25) is 10.0 Å². The molecule has 0 saturated heterocycles. The predicted molar refractivity (Wildman–Crippen MR) is 84.5 cm³/mol. The van der Waals surface area contributed by atoms with Crippen LogP contribution in [0.2, 0.25) is 0 Å². The Hall–Kier alpha value is -1.07. The molecular weight excluding hydrogens is 272 g/mol. The highest BCUT2D eigenvalue weighted by Crippen LogP contribution is 2.23. The monoisotopic (exact) mass is 298 g/mol. The van der Waals surface area contributed by atoms with Crippen molar-refractivity contribution in [3.05, 3.63) is 24.3 Å². The summed E-state index contributed by atoms with van der Waals surface area (Å²) in [6, 6.07) is 7.26. The van der Waals surface area contributed by atoms with Crippen molar-refractivity contribution in [3.63, 3.8) is 0 Å². The van der Waals surface area contributed by atoms with Crippen LogP contribution in [0.4, 0.5) is 5.69 Å². The number of hydrogen-bond donors (Lipinski definition) is 2. The molecule has 114 valence electrons. The third kappa shape index (κ3) is 4.80. The van der Waals surface area contributed by atoms with Crippen molar-refractivity contribution < 1.29 is 8.42 Å². The van der Waals surface area contributed by atoms with Gasteiger partial charge < -0.3 is 5.32 Å². The van der Waals surface area contributed by atoms with Gasteiger partial charge in [0.15, 0.2) is 0 Å². The molecule has 1 atom stereocenters. The Morgan fingerprint density at radius 1 is 1.15 bits per heavy atom. The van der Waals surface area contributed by atoms with E-state index in [0.717, 1.165) is 19.3 Å². The lowest BCUT2D eigenvalue weighted by Crippen LogP contribution is -2.31. The first kappa shape index (κ1) is 17.0. The van der Waals surface area contributed by atoms with Gasteiger partial charge >= 0.3 is 0 Å². The second kappa shape index (κ2) is 7.64. The minimum atomic E-state index is -3.47. The van der Waals surface area contributed by atoms with Crippen LogP contribution in [0.3, 0.4) is 0 Å². The lowest BCUT2D eigenvalue weighted by Gasteiger charge is -2.20. The van der Waals surface area contributed by atoms with Gasteiger partial charge in [-0.25, -0.2) is 13.1 Å². The highest BCUT2D eigenvalue weighted by Gasteiger charge is 2.20. The molecular formula is C15H26N2O2S. The van der Waals surface area contributed by atoms with Crippen LogP contribution in [0, 0.1) is 0 Å². The second-order valence-electron chi connectivity index (χ2n) is 5.31. The van der Waals surface area contributed by atoms with Crippen molar-refractivity contribution in [3.8, 4) is 0 Å². The molecule has 0 bridgehead atoms. The molecule has 1 aromatic carbocycles. The van der Waals surface area contributed by atoms with Gasteiger partial charge in [0.05, 0.1) is 5.69 Å². The largest absolute Gasteiger partial charge is 0.381 e. The Morgan fingerprint density at radius 2 is 1.80 bits per heavy atom. The number of para-hydroxylation sites is 1. The van der Waals surface area contributed by atoms with Gasteiger partial charge in [-0.1, -0.05) is 32.4 Å². The zero-order valence-electron chi connectivity index (χ0n) is 12.8. The van der Waals surface area contributed by atoms with Crippen molar-refractivity contribution >= 4 is 15.7 Å². The van der Waals surface area contributed by atoms with E-state index in [1.807, 2.05) is 26.0 Å². The fourth-order valence-electron chi connectivity index (χ4n) is 2.14. The first-order valence-electron chi connectivity index (χ1n) is 7.28. The quantitative estimate of drug-likeness (QED) is 0.773. The molecule has 0 heterocycles. The summed E-state index contributed by atoms with van der Waals surface area (Å²) in [4.78, 5) is 0.322. The summed E-state index contributed by atoms with van der Waals surface area (Å²) in [5.41, 5.74) is 0.681. The minimum Gasteiger partial charge on any atom is -0.381 e. The molecule has 1 rings (SSSR count). The smallest absolute Gasteiger partial charge is 0.242 e. The molecule has 4 nitrogen and oxygen atoms in total. The van der Waals surface area contributed by atoms with E-state index < -0.39 is 10.0 Å². The van der Waals surface area contributed by atoms with Crippen LogP contribution in [-0.4, -0.2) is 20.5 Å². The van der Waals surface area contributed by atoms with Crippen molar-refractivity contribution in [1.29, 1.82) is 0 Å². The molecule has 0 spiro atoms. The van der Waals surface area contributed by atoms with Crippen LogP contribution in [0.1, 0.15) is 47.0 Å². The molecule has 1 aromatic rings. The highest BCUT2D eigenvalue weighted by molar-refractivity contribution is 7.89. The molecule has 1 unspecified atom stereocenters. The third-order valence-electron chi connectivity index (χ3n) is 3.06. The van der Waals surface area contributed by atoms with Crippen LogP contribution >= 0.6 is 0 Å². The number of rotatable bonds is 8. The van der Waals surface area contributed by atoms with E-state index in [9.17, 15) is 8.42 Å². The van der Waals surface area contributed by atoms with E-state index in [4.69, 9.17) is 0 Å². The van der Waals surface area contributed by atoms with Crippen LogP contribution in [0.25, 0.3) is 0 Å². The van der Waals surface area contributed by atoms with Crippen LogP contribution in [0.5, 0.6) is 0 Å². The topological polar surface area (TPSA) is 58.2 Å². The lowest BCUT2D eigenvalue weighted by atomic mass is 10.1. The summed E-state index contributed by atoms with van der Waals surface area (Å²) >= 11 is 0. The summed E-state index contributed by atoms with van der Waals surface area (Å²) in [6.45, 7) is 7.88. The van der Waals surface area contributed by atoms with Crippen molar-refractivity contribution in [2.24, 2.45) is 0 Å². The zero-order chi connectivity index (χ0) is 15.2. The Morgan fingerprint density at radius 3 is 2.35 bits per heavy atom. The van der Waals surface area contributed by atoms with Gasteiger partial charge in [0.1, 0.15) is 4.90 Å². The number of benzene rings is 1. The molecule has 0 fully saturated rings. The second-order valence-corrected chi connectivity index (χ2v) is 6.99. The fourth-order valence-corrected chi connectivity index (χ4v) is 3.56. The summed E-state index contributed by atoms with van der Waals surface area (Å²) in [5.74, 6) is 0. The molecule has 5 heteroatoms. The Bertz CT molecular complexity index is 512. The number of anilines is 1. The number of nitrogens with one attached hydrogen (secondary N) is 2. The maximum Gasteiger partial charge on any atom is 0.242 e. The SMILES string of the molecule is CCCC(CC)Nc1ccccc1S(=O)(=O)NC(C)C. The third-order valence-corrected chi connectivity index (χ3v) is 4.77. The number of sulfonamides is 1. The van der Waals surface area contributed by atoms with Crippen molar-refractivity contribution in [2.45, 2.75) is 63.9 Å². The van der Waals surface area contributed by atoms with Gasteiger partial charge in [-0.3, -0.25) is 0 Å². The molecule has 0 aliphatic carbocycles. The first-order chi connectivity index (χ1) is 9.40. The van der Waals surface area contributed by atoms with Crippen molar-refractivity contribution in [2.75, 3.05) is 5.32 Å². The molecule has 0 saturated carbocycles. The normalized spacial score (nSPS) is 13.4. The first-order valence-corrected chi connectivity index (χ1v) is 8.76. The van der Waals surface area contributed by atoms with Crippen LogP contribution in [-0.2, 0) is 10.0 Å². The minimum absolute atomic E-state index is 0.120. The number of hydrogen-bond acceptors (Lipinski definition) is 3. The van der Waals surface area contributed by atoms with Gasteiger partial charge in [-0.05, 0) is 38.8 Å². The molecule has 20 heavy (non-hydrogen) atoms. The standard InChI is InChI=1S/C15H26N2O2S/c1-5-9-13(6-2)16-14-10-7-8-11-15(14)20(18,19)17-12(3)4/h7-8,10-13,16-17H,5-6,9H2,1-4H3. The average molecular weight is 298 g/mol. The van der Waals surface area contributed by atoms with E-state index in [0.29, 0.717) is 16.6 Å². The summed E-state index contributed by atoms with van der Waals surface area (Å²) in [7, 11) is -3.47. The van der Waals surface area contributed by atoms with E-state index in [2.05, 4.69) is 23.9 Å². The van der Waals surface area contributed by atoms with E-state index in [-0.39, 0.29) is 6.04 Å². The maximum atomic E-state index is 12.3. The summed E-state index contributed by atoms with van der Waals surface area (Å²) in [6.07, 6.45) is 3.08. The average Bonchev–Trinajstić information content (AvgIpc) is 2.37. The summed E-state index contributed by atoms with van der Waals surface area (Å²) in [5, 5.41) is 3.36. The van der Waals surface area contributed by atoms with E-state index in [1.165, 1.54) is 0 Å². The fraction of sp³-hybridized carbons (Fsp3) is 0.600. The zero-order valence-corrected chi connectivity index (χ0v) is 13.6. The molecule has 0 aliphatic heterocycles. The van der Waals surface area contributed by atoms with Gasteiger partial charge in [0.25, 0.3) is 0 Å². The summed E-state index contributed by atoms with van der Waals surface area (Å²) < 4.78 is 27.3. The predicted octanol–water partition coefficient (Wildman–Crippen LogP) is 3.36. The molecule has 0 aromatic heterocycles. The van der Waals surface area contributed by atoms with Gasteiger partial charge in [0, 0.05) is 12.1 Å². The van der Waals surface area contributed by atoms with Gasteiger partial charge in [-0.15, -0.1) is 0 Å². The Balaban J connectivity index is 3.04. The van der Waals surface area contributed by atoms with Crippen LogP contribution < -0.4 is 10.0 Å². The molecule has 0 amide bonds. The van der Waals surface area contributed by atoms with Crippen molar-refractivity contribution in [1.82, 2.24) is 4.72 Å². The lowest BCUT2D eigenvalue weighted by molar-refractivity contribution is 0.569. The van der Waals surface area contributed by atoms with E-state index in [1.54, 1.807) is 12.1 Å². The molecule has 0 aliphatic rings. The van der Waals surface area contributed by atoms with Gasteiger partial charge in [-0.2, -0.15) is 0 Å². The Kier molecular flexibility index (Phi) is 6.49. The van der Waals surface area contributed by atoms with E-state index >= 15 is 0 Å². The molecule has 0 radical (unpaired) electrons. The maximum absolute atomic E-state index is 12.3. The van der Waals surface area contributed by atoms with Crippen LogP contribution in [0.15, 0.2) is 29.2 Å². The highest BCUT2D eigenvalue weighted by atomic mass is 32.2. The Labute approximate surface area is 123 Å². The molecule has 2 N–H and O–H groups in total.